The summed E-state index contributed by atoms with van der Waals surface area (Å²) < 4.78 is 20.3. The quantitative estimate of drug-likeness (QED) is 0.0918. The van der Waals surface area contributed by atoms with Gasteiger partial charge in [0.2, 0.25) is 5.75 Å². The molecule has 0 saturated carbocycles. The van der Waals surface area contributed by atoms with Crippen LogP contribution < -0.4 is 14.9 Å². The molecule has 0 aliphatic heterocycles. The number of hydrazone groups is 1. The van der Waals surface area contributed by atoms with Crippen LogP contribution in [0, 0.1) is 24.0 Å². The number of halogens is 1. The van der Waals surface area contributed by atoms with Crippen molar-refractivity contribution in [3.8, 4) is 17.2 Å². The van der Waals surface area contributed by atoms with Gasteiger partial charge in [0.1, 0.15) is 24.7 Å². The number of nitrogens with zero attached hydrogens (tertiary/aromatic N) is 3. The fraction of sp³-hybridized carbons (Fsp3) is 0.125. The number of para-hydroxylation sites is 1. The Labute approximate surface area is 255 Å². The summed E-state index contributed by atoms with van der Waals surface area (Å²) in [4.78, 5) is 23.7. The van der Waals surface area contributed by atoms with Gasteiger partial charge in [-0.3, -0.25) is 14.9 Å². The van der Waals surface area contributed by atoms with Crippen molar-refractivity contribution in [2.24, 2.45) is 5.10 Å². The Balaban J connectivity index is 1.19. The zero-order valence-electron chi connectivity index (χ0n) is 23.3. The lowest BCUT2D eigenvalue weighted by atomic mass is 10.2. The molecule has 5 rings (SSSR count). The number of ether oxygens (including phenoxy) is 2. The van der Waals surface area contributed by atoms with Crippen molar-refractivity contribution in [1.29, 1.82) is 0 Å². The van der Waals surface area contributed by atoms with E-state index in [1.807, 2.05) is 48.5 Å². The number of rotatable bonds is 11. The SMILES string of the molecule is Cc1ccc(C)n1-c1ccc(OCc2ccc(C(=O)N/N=C/c3cccc([N+](=O)[O-])c3OCc3ccc(Br)cc3)o2)cc1. The zero-order chi connectivity index (χ0) is 30.3. The fourth-order valence-corrected chi connectivity index (χ4v) is 4.66. The molecule has 0 atom stereocenters. The van der Waals surface area contributed by atoms with Crippen LogP contribution in [0.4, 0.5) is 5.69 Å². The van der Waals surface area contributed by atoms with Crippen molar-refractivity contribution in [3.05, 3.63) is 140 Å². The average molecular weight is 643 g/mol. The lowest BCUT2D eigenvalue weighted by Gasteiger charge is -2.10. The number of nitro groups is 1. The fourth-order valence-electron chi connectivity index (χ4n) is 4.40. The molecule has 0 radical (unpaired) electrons. The number of aromatic nitrogens is 1. The first-order valence-electron chi connectivity index (χ1n) is 13.2. The summed E-state index contributed by atoms with van der Waals surface area (Å²) in [5, 5.41) is 15.6. The minimum absolute atomic E-state index is 0.0374. The van der Waals surface area contributed by atoms with Gasteiger partial charge in [0, 0.05) is 33.2 Å². The molecule has 3 aromatic carbocycles. The van der Waals surface area contributed by atoms with Gasteiger partial charge in [0.15, 0.2) is 5.76 Å². The number of carbonyl (C=O) groups is 1. The molecule has 0 saturated heterocycles. The van der Waals surface area contributed by atoms with Crippen molar-refractivity contribution in [1.82, 2.24) is 9.99 Å². The van der Waals surface area contributed by atoms with E-state index in [0.717, 1.165) is 27.1 Å². The van der Waals surface area contributed by atoms with Gasteiger partial charge in [-0.25, -0.2) is 5.43 Å². The maximum absolute atomic E-state index is 12.6. The van der Waals surface area contributed by atoms with Crippen LogP contribution in [0.3, 0.4) is 0 Å². The lowest BCUT2D eigenvalue weighted by Crippen LogP contribution is -2.17. The minimum Gasteiger partial charge on any atom is -0.486 e. The molecule has 218 valence electrons. The molecule has 0 spiro atoms. The van der Waals surface area contributed by atoms with Gasteiger partial charge in [-0.15, -0.1) is 0 Å². The predicted molar refractivity (Wildman–Crippen MR) is 165 cm³/mol. The lowest BCUT2D eigenvalue weighted by molar-refractivity contribution is -0.385. The van der Waals surface area contributed by atoms with Gasteiger partial charge in [-0.1, -0.05) is 34.1 Å². The Morgan fingerprint density at radius 2 is 1.67 bits per heavy atom. The molecular weight excluding hydrogens is 616 g/mol. The van der Waals surface area contributed by atoms with E-state index in [-0.39, 0.29) is 30.4 Å². The molecule has 5 aromatic rings. The molecule has 0 bridgehead atoms. The number of nitrogens with one attached hydrogen (secondary N) is 1. The molecule has 1 amide bonds. The highest BCUT2D eigenvalue weighted by molar-refractivity contribution is 9.10. The number of hydrogen-bond donors (Lipinski definition) is 1. The molecule has 10 nitrogen and oxygen atoms in total. The van der Waals surface area contributed by atoms with Gasteiger partial charge in [0.25, 0.3) is 0 Å². The Kier molecular flexibility index (Phi) is 9.02. The predicted octanol–water partition coefficient (Wildman–Crippen LogP) is 7.28. The number of hydrogen-bond acceptors (Lipinski definition) is 7. The van der Waals surface area contributed by atoms with E-state index in [0.29, 0.717) is 17.1 Å². The summed E-state index contributed by atoms with van der Waals surface area (Å²) >= 11 is 3.38. The van der Waals surface area contributed by atoms with Gasteiger partial charge in [0.05, 0.1) is 11.1 Å². The molecule has 1 N–H and O–H groups in total. The Morgan fingerprint density at radius 1 is 0.953 bits per heavy atom. The van der Waals surface area contributed by atoms with Crippen molar-refractivity contribution >= 4 is 33.7 Å². The second-order valence-electron chi connectivity index (χ2n) is 9.57. The molecule has 0 fully saturated rings. The highest BCUT2D eigenvalue weighted by Gasteiger charge is 2.19. The van der Waals surface area contributed by atoms with Crippen LogP contribution >= 0.6 is 15.9 Å². The van der Waals surface area contributed by atoms with E-state index in [4.69, 9.17) is 13.9 Å². The third-order valence-corrected chi connectivity index (χ3v) is 7.05. The monoisotopic (exact) mass is 642 g/mol. The Bertz CT molecular complexity index is 1760. The van der Waals surface area contributed by atoms with E-state index in [2.05, 4.69) is 57.0 Å². The molecule has 43 heavy (non-hydrogen) atoms. The first-order valence-corrected chi connectivity index (χ1v) is 14.0. The molecule has 2 aromatic heterocycles. The number of carbonyl (C=O) groups excluding carboxylic acids is 1. The summed E-state index contributed by atoms with van der Waals surface area (Å²) in [7, 11) is 0. The maximum atomic E-state index is 12.6. The van der Waals surface area contributed by atoms with Crippen LogP contribution in [0.2, 0.25) is 0 Å². The third-order valence-electron chi connectivity index (χ3n) is 6.52. The third kappa shape index (κ3) is 7.19. The van der Waals surface area contributed by atoms with Crippen molar-refractivity contribution in [2.45, 2.75) is 27.1 Å². The Hall–Kier alpha value is -5.16. The maximum Gasteiger partial charge on any atom is 0.311 e. The topological polar surface area (TPSA) is 121 Å². The number of furan rings is 1. The summed E-state index contributed by atoms with van der Waals surface area (Å²) in [5.41, 5.74) is 6.65. The highest BCUT2D eigenvalue weighted by Crippen LogP contribution is 2.31. The Morgan fingerprint density at radius 3 is 2.37 bits per heavy atom. The normalized spacial score (nSPS) is 11.0. The number of aryl methyl sites for hydroxylation is 2. The summed E-state index contributed by atoms with van der Waals surface area (Å²) in [6, 6.07) is 26.9. The van der Waals surface area contributed by atoms with Crippen LogP contribution in [0.1, 0.15) is 38.8 Å². The first kappa shape index (κ1) is 29.3. The van der Waals surface area contributed by atoms with Crippen LogP contribution in [-0.2, 0) is 13.2 Å². The van der Waals surface area contributed by atoms with Crippen LogP contribution in [-0.4, -0.2) is 21.6 Å². The standard InChI is InChI=1S/C32H27BrN4O6/c1-21-6-7-22(2)36(21)26-12-14-27(15-13-26)41-20-28-16-17-30(43-28)32(38)35-34-18-24-4-3-5-29(37(39)40)31(24)42-19-23-8-10-25(33)11-9-23/h3-18H,19-20H2,1-2H3,(H,35,38)/b34-18+. The van der Waals surface area contributed by atoms with Crippen molar-refractivity contribution in [3.63, 3.8) is 0 Å². The molecule has 2 heterocycles. The molecular formula is C32H27BrN4O6. The molecule has 0 aliphatic carbocycles. The van der Waals surface area contributed by atoms with Gasteiger partial charge >= 0.3 is 11.6 Å². The van der Waals surface area contributed by atoms with E-state index < -0.39 is 10.8 Å². The summed E-state index contributed by atoms with van der Waals surface area (Å²) in [5.74, 6) is 0.603. The van der Waals surface area contributed by atoms with Gasteiger partial charge in [-0.2, -0.15) is 5.10 Å². The first-order chi connectivity index (χ1) is 20.8. The van der Waals surface area contributed by atoms with Crippen LogP contribution in [0.25, 0.3) is 5.69 Å². The smallest absolute Gasteiger partial charge is 0.311 e. The van der Waals surface area contributed by atoms with E-state index in [1.165, 1.54) is 24.4 Å². The summed E-state index contributed by atoms with van der Waals surface area (Å²) in [6.45, 7) is 4.35. The largest absolute Gasteiger partial charge is 0.486 e. The molecule has 0 unspecified atom stereocenters. The van der Waals surface area contributed by atoms with Crippen LogP contribution in [0.5, 0.6) is 11.5 Å². The second kappa shape index (κ2) is 13.2. The van der Waals surface area contributed by atoms with Gasteiger partial charge < -0.3 is 18.5 Å². The molecule has 11 heteroatoms. The number of benzene rings is 3. The van der Waals surface area contributed by atoms with E-state index in [9.17, 15) is 14.9 Å². The van der Waals surface area contributed by atoms with E-state index >= 15 is 0 Å². The average Bonchev–Trinajstić information content (AvgIpc) is 3.62. The summed E-state index contributed by atoms with van der Waals surface area (Å²) in [6.07, 6.45) is 1.29. The zero-order valence-corrected chi connectivity index (χ0v) is 24.9. The van der Waals surface area contributed by atoms with E-state index in [1.54, 1.807) is 12.1 Å². The second-order valence-corrected chi connectivity index (χ2v) is 10.5. The number of amides is 1. The van der Waals surface area contributed by atoms with Crippen molar-refractivity contribution in [2.75, 3.05) is 0 Å². The minimum atomic E-state index is -0.591. The van der Waals surface area contributed by atoms with Gasteiger partial charge in [-0.05, 0) is 86.1 Å². The van der Waals surface area contributed by atoms with Crippen molar-refractivity contribution < 1.29 is 23.6 Å². The molecule has 0 aliphatic rings. The highest BCUT2D eigenvalue weighted by atomic mass is 79.9. The van der Waals surface area contributed by atoms with Crippen LogP contribution in [0.15, 0.2) is 105 Å². The number of nitro benzene ring substituents is 1.